The first-order valence-electron chi connectivity index (χ1n) is 6.88. The van der Waals surface area contributed by atoms with Crippen molar-refractivity contribution in [1.29, 1.82) is 0 Å². The Morgan fingerprint density at radius 1 is 1.33 bits per heavy atom. The van der Waals surface area contributed by atoms with E-state index in [-0.39, 0.29) is 29.8 Å². The molecule has 5 heteroatoms. The van der Waals surface area contributed by atoms with Crippen molar-refractivity contribution in [3.05, 3.63) is 0 Å². The third-order valence-corrected chi connectivity index (χ3v) is 4.13. The van der Waals surface area contributed by atoms with E-state index in [9.17, 15) is 9.59 Å². The minimum absolute atomic E-state index is 0.00158. The van der Waals surface area contributed by atoms with E-state index in [2.05, 4.69) is 5.32 Å². The average Bonchev–Trinajstić information content (AvgIpc) is 2.34. The smallest absolute Gasteiger partial charge is 0.224 e. The summed E-state index contributed by atoms with van der Waals surface area (Å²) in [6.45, 7) is 0.618. The molecule has 1 saturated heterocycles. The number of amides is 2. The number of piperidine rings is 1. The fourth-order valence-electron chi connectivity index (χ4n) is 2.92. The summed E-state index contributed by atoms with van der Waals surface area (Å²) in [5.41, 5.74) is 6.01. The van der Waals surface area contributed by atoms with Gasteiger partial charge in [0.05, 0.1) is 5.92 Å². The van der Waals surface area contributed by atoms with E-state index < -0.39 is 0 Å². The number of likely N-dealkylation sites (tertiary alicyclic amines) is 1. The highest BCUT2D eigenvalue weighted by molar-refractivity contribution is 5.81. The Hall–Kier alpha value is -1.10. The van der Waals surface area contributed by atoms with Crippen LogP contribution in [0.4, 0.5) is 0 Å². The van der Waals surface area contributed by atoms with Gasteiger partial charge in [0.15, 0.2) is 0 Å². The molecule has 5 nitrogen and oxygen atoms in total. The third-order valence-electron chi connectivity index (χ3n) is 4.13. The van der Waals surface area contributed by atoms with Crippen molar-refractivity contribution in [2.45, 2.75) is 50.6 Å². The van der Waals surface area contributed by atoms with Crippen molar-refractivity contribution >= 4 is 11.8 Å². The maximum atomic E-state index is 12.2. The average molecular weight is 253 g/mol. The Morgan fingerprint density at radius 2 is 2.06 bits per heavy atom. The van der Waals surface area contributed by atoms with Crippen LogP contribution in [0.5, 0.6) is 0 Å². The first-order chi connectivity index (χ1) is 8.58. The molecule has 3 atom stereocenters. The molecule has 2 fully saturated rings. The molecule has 2 amide bonds. The second kappa shape index (κ2) is 5.69. The Balaban J connectivity index is 1.85. The van der Waals surface area contributed by atoms with Gasteiger partial charge in [-0.3, -0.25) is 9.59 Å². The van der Waals surface area contributed by atoms with Crippen LogP contribution in [-0.4, -0.2) is 42.4 Å². The van der Waals surface area contributed by atoms with Gasteiger partial charge in [-0.05, 0) is 19.3 Å². The van der Waals surface area contributed by atoms with Gasteiger partial charge in [0, 0.05) is 32.1 Å². The van der Waals surface area contributed by atoms with Crippen LogP contribution in [-0.2, 0) is 9.59 Å². The van der Waals surface area contributed by atoms with Crippen molar-refractivity contribution < 1.29 is 9.59 Å². The van der Waals surface area contributed by atoms with Gasteiger partial charge in [0.2, 0.25) is 11.8 Å². The molecule has 2 rings (SSSR count). The lowest BCUT2D eigenvalue weighted by Crippen LogP contribution is -2.52. The zero-order valence-corrected chi connectivity index (χ0v) is 11.0. The van der Waals surface area contributed by atoms with E-state index in [0.29, 0.717) is 13.0 Å². The third kappa shape index (κ3) is 3.02. The van der Waals surface area contributed by atoms with Gasteiger partial charge >= 0.3 is 0 Å². The SMILES string of the molecule is CN1CC(NC(=O)C2CCCCC2N)CCC1=O. The maximum absolute atomic E-state index is 12.2. The van der Waals surface area contributed by atoms with Crippen LogP contribution in [0, 0.1) is 5.92 Å². The van der Waals surface area contributed by atoms with E-state index in [1.54, 1.807) is 11.9 Å². The van der Waals surface area contributed by atoms with E-state index in [4.69, 9.17) is 5.73 Å². The summed E-state index contributed by atoms with van der Waals surface area (Å²) < 4.78 is 0. The first-order valence-corrected chi connectivity index (χ1v) is 6.88. The minimum atomic E-state index is -0.0401. The second-order valence-electron chi connectivity index (χ2n) is 5.57. The number of likely N-dealkylation sites (N-methyl/N-ethyl adjacent to an activating group) is 1. The molecule has 3 unspecified atom stereocenters. The molecule has 102 valence electrons. The Labute approximate surface area is 108 Å². The van der Waals surface area contributed by atoms with E-state index in [0.717, 1.165) is 32.1 Å². The summed E-state index contributed by atoms with van der Waals surface area (Å²) in [5, 5.41) is 3.06. The fraction of sp³-hybridized carbons (Fsp3) is 0.846. The minimum Gasteiger partial charge on any atom is -0.351 e. The van der Waals surface area contributed by atoms with Crippen molar-refractivity contribution in [1.82, 2.24) is 10.2 Å². The molecule has 1 saturated carbocycles. The van der Waals surface area contributed by atoms with Gasteiger partial charge in [0.1, 0.15) is 0 Å². The largest absolute Gasteiger partial charge is 0.351 e. The zero-order chi connectivity index (χ0) is 13.1. The first kappa shape index (κ1) is 13.3. The highest BCUT2D eigenvalue weighted by Gasteiger charge is 2.31. The van der Waals surface area contributed by atoms with Gasteiger partial charge in [-0.1, -0.05) is 12.8 Å². The molecular weight excluding hydrogens is 230 g/mol. The monoisotopic (exact) mass is 253 g/mol. The highest BCUT2D eigenvalue weighted by atomic mass is 16.2. The van der Waals surface area contributed by atoms with Gasteiger partial charge in [-0.25, -0.2) is 0 Å². The predicted molar refractivity (Wildman–Crippen MR) is 68.7 cm³/mol. The molecule has 0 radical (unpaired) electrons. The highest BCUT2D eigenvalue weighted by Crippen LogP contribution is 2.23. The summed E-state index contributed by atoms with van der Waals surface area (Å²) >= 11 is 0. The molecule has 1 aliphatic carbocycles. The number of nitrogens with one attached hydrogen (secondary N) is 1. The van der Waals surface area contributed by atoms with Gasteiger partial charge in [-0.15, -0.1) is 0 Å². The van der Waals surface area contributed by atoms with Crippen LogP contribution in [0.15, 0.2) is 0 Å². The summed E-state index contributed by atoms with van der Waals surface area (Å²) in [5.74, 6) is 0.200. The lowest BCUT2D eigenvalue weighted by molar-refractivity contribution is -0.135. The number of nitrogens with zero attached hydrogens (tertiary/aromatic N) is 1. The summed E-state index contributed by atoms with van der Waals surface area (Å²) in [6, 6.07) is 0.0935. The van der Waals surface area contributed by atoms with Crippen LogP contribution >= 0.6 is 0 Å². The molecule has 0 aromatic heterocycles. The number of nitrogens with two attached hydrogens (primary N) is 1. The van der Waals surface area contributed by atoms with Crippen molar-refractivity contribution in [3.8, 4) is 0 Å². The summed E-state index contributed by atoms with van der Waals surface area (Å²) in [6.07, 6.45) is 5.34. The Morgan fingerprint density at radius 3 is 2.72 bits per heavy atom. The molecule has 0 aromatic carbocycles. The van der Waals surface area contributed by atoms with Gasteiger partial charge in [-0.2, -0.15) is 0 Å². The molecule has 18 heavy (non-hydrogen) atoms. The van der Waals surface area contributed by atoms with Gasteiger partial charge in [0.25, 0.3) is 0 Å². The quantitative estimate of drug-likeness (QED) is 0.740. The number of carbonyl (C=O) groups is 2. The second-order valence-corrected chi connectivity index (χ2v) is 5.57. The maximum Gasteiger partial charge on any atom is 0.224 e. The van der Waals surface area contributed by atoms with Gasteiger partial charge < -0.3 is 16.0 Å². The lowest BCUT2D eigenvalue weighted by atomic mass is 9.84. The normalized spacial score (nSPS) is 33.3. The summed E-state index contributed by atoms with van der Waals surface area (Å²) in [4.78, 5) is 25.2. The number of hydrogen-bond acceptors (Lipinski definition) is 3. The molecule has 3 N–H and O–H groups in total. The lowest BCUT2D eigenvalue weighted by Gasteiger charge is -2.33. The van der Waals surface area contributed by atoms with Crippen molar-refractivity contribution in [2.75, 3.05) is 13.6 Å². The molecule has 0 spiro atoms. The van der Waals surface area contributed by atoms with E-state index in [1.807, 2.05) is 0 Å². The number of rotatable bonds is 2. The molecule has 0 bridgehead atoms. The van der Waals surface area contributed by atoms with Crippen LogP contribution in [0.25, 0.3) is 0 Å². The van der Waals surface area contributed by atoms with E-state index >= 15 is 0 Å². The topological polar surface area (TPSA) is 75.4 Å². The number of carbonyl (C=O) groups excluding carboxylic acids is 2. The molecule has 1 aliphatic heterocycles. The van der Waals surface area contributed by atoms with E-state index in [1.165, 1.54) is 0 Å². The standard InChI is InChI=1S/C13H23N3O2/c1-16-8-9(6-7-12(16)17)15-13(18)10-4-2-3-5-11(10)14/h9-11H,2-8,14H2,1H3,(H,15,18). The van der Waals surface area contributed by atoms with Crippen molar-refractivity contribution in [2.24, 2.45) is 11.7 Å². The molecule has 1 heterocycles. The van der Waals surface area contributed by atoms with Crippen molar-refractivity contribution in [3.63, 3.8) is 0 Å². The van der Waals surface area contributed by atoms with Crippen LogP contribution in [0.1, 0.15) is 38.5 Å². The molecular formula is C13H23N3O2. The zero-order valence-electron chi connectivity index (χ0n) is 11.0. The Bertz CT molecular complexity index is 332. The van der Waals surface area contributed by atoms with Crippen LogP contribution < -0.4 is 11.1 Å². The predicted octanol–water partition coefficient (Wildman–Crippen LogP) is 0.241. The van der Waals surface area contributed by atoms with Crippen LogP contribution in [0.3, 0.4) is 0 Å². The summed E-state index contributed by atoms with van der Waals surface area (Å²) in [7, 11) is 1.78. The molecule has 0 aromatic rings. The molecule has 2 aliphatic rings. The number of hydrogen-bond donors (Lipinski definition) is 2. The Kier molecular flexibility index (Phi) is 4.22. The fourth-order valence-corrected chi connectivity index (χ4v) is 2.92. The van der Waals surface area contributed by atoms with Crippen LogP contribution in [0.2, 0.25) is 0 Å².